The van der Waals surface area contributed by atoms with Crippen molar-refractivity contribution >= 4 is 5.96 Å². The third-order valence-electron chi connectivity index (χ3n) is 4.86. The molecule has 2 aromatic carbocycles. The maximum absolute atomic E-state index is 5.98. The quantitative estimate of drug-likeness (QED) is 0.447. The predicted molar refractivity (Wildman–Crippen MR) is 118 cm³/mol. The van der Waals surface area contributed by atoms with Gasteiger partial charge in [0.2, 0.25) is 0 Å². The number of fused-ring (bicyclic) bond motifs is 1. The first-order valence-electron chi connectivity index (χ1n) is 10.5. The number of aromatic nitrogens is 2. The lowest BCUT2D eigenvalue weighted by Gasteiger charge is -2.27. The second-order valence-corrected chi connectivity index (χ2v) is 7.27. The van der Waals surface area contributed by atoms with Gasteiger partial charge in [-0.3, -0.25) is 4.99 Å². The molecule has 0 saturated carbocycles. The van der Waals surface area contributed by atoms with Crippen molar-refractivity contribution in [2.24, 2.45) is 4.99 Å². The Labute approximate surface area is 181 Å². The topological polar surface area (TPSA) is 93.8 Å². The molecule has 0 aliphatic carbocycles. The van der Waals surface area contributed by atoms with Crippen LogP contribution in [0, 0.1) is 0 Å². The monoisotopic (exact) mass is 421 g/mol. The fourth-order valence-electron chi connectivity index (χ4n) is 3.29. The first-order chi connectivity index (χ1) is 15.2. The highest BCUT2D eigenvalue weighted by Gasteiger charge is 2.20. The summed E-state index contributed by atoms with van der Waals surface area (Å²) in [6, 6.07) is 15.7. The summed E-state index contributed by atoms with van der Waals surface area (Å²) in [6.07, 6.45) is 1.71. The second kappa shape index (κ2) is 9.97. The highest BCUT2D eigenvalue weighted by Crippen LogP contribution is 2.30. The van der Waals surface area contributed by atoms with Crippen LogP contribution in [0.5, 0.6) is 11.5 Å². The molecule has 1 atom stereocenters. The zero-order chi connectivity index (χ0) is 21.5. The number of nitrogens with one attached hydrogen (secondary N) is 2. The molecule has 0 radical (unpaired) electrons. The molecule has 1 aliphatic rings. The number of nitrogens with zero attached hydrogens (tertiary/aromatic N) is 3. The fourth-order valence-corrected chi connectivity index (χ4v) is 3.29. The van der Waals surface area contributed by atoms with E-state index in [0.717, 1.165) is 41.3 Å². The minimum absolute atomic E-state index is 0.0911. The third kappa shape index (κ3) is 5.33. The van der Waals surface area contributed by atoms with Crippen molar-refractivity contribution < 1.29 is 14.0 Å². The molecule has 8 heteroatoms. The number of ether oxygens (including phenoxy) is 2. The molecule has 1 aromatic heterocycles. The highest BCUT2D eigenvalue weighted by atomic mass is 16.6. The van der Waals surface area contributed by atoms with Crippen LogP contribution < -0.4 is 20.1 Å². The molecule has 4 rings (SSSR count). The SMILES string of the molecule is CCCc1noc(-c2cccc(CNC(=NC)NCC3COc4ccccc4O3)c2)n1. The van der Waals surface area contributed by atoms with Crippen LogP contribution in [-0.4, -0.2) is 42.4 Å². The van der Waals surface area contributed by atoms with Crippen molar-refractivity contribution in [1.82, 2.24) is 20.8 Å². The van der Waals surface area contributed by atoms with E-state index in [2.05, 4.69) is 32.7 Å². The first kappa shape index (κ1) is 20.7. The molecule has 2 N–H and O–H groups in total. The molecule has 1 unspecified atom stereocenters. The van der Waals surface area contributed by atoms with Gasteiger partial charge in [-0.05, 0) is 36.2 Å². The summed E-state index contributed by atoms with van der Waals surface area (Å²) in [5, 5.41) is 10.7. The summed E-state index contributed by atoms with van der Waals surface area (Å²) in [7, 11) is 1.74. The Morgan fingerprint density at radius 1 is 1.13 bits per heavy atom. The van der Waals surface area contributed by atoms with Gasteiger partial charge in [-0.15, -0.1) is 0 Å². The Balaban J connectivity index is 1.30. The fraction of sp³-hybridized carbons (Fsp3) is 0.348. The van der Waals surface area contributed by atoms with Crippen molar-refractivity contribution in [3.05, 3.63) is 59.9 Å². The second-order valence-electron chi connectivity index (χ2n) is 7.27. The Hall–Kier alpha value is -3.55. The number of rotatable bonds is 7. The molecule has 0 amide bonds. The maximum Gasteiger partial charge on any atom is 0.257 e. The Bertz CT molecular complexity index is 1030. The van der Waals surface area contributed by atoms with Gasteiger partial charge in [0.1, 0.15) is 12.7 Å². The van der Waals surface area contributed by atoms with Gasteiger partial charge in [0, 0.05) is 25.6 Å². The summed E-state index contributed by atoms with van der Waals surface area (Å²) >= 11 is 0. The van der Waals surface area contributed by atoms with E-state index >= 15 is 0 Å². The van der Waals surface area contributed by atoms with Gasteiger partial charge in [0.15, 0.2) is 23.3 Å². The van der Waals surface area contributed by atoms with Gasteiger partial charge in [-0.1, -0.05) is 36.3 Å². The van der Waals surface area contributed by atoms with Crippen LogP contribution in [-0.2, 0) is 13.0 Å². The van der Waals surface area contributed by atoms with Crippen molar-refractivity contribution in [1.29, 1.82) is 0 Å². The number of hydrogen-bond acceptors (Lipinski definition) is 6. The molecule has 0 bridgehead atoms. The smallest absolute Gasteiger partial charge is 0.257 e. The van der Waals surface area contributed by atoms with Crippen LogP contribution in [0.25, 0.3) is 11.5 Å². The van der Waals surface area contributed by atoms with Crippen molar-refractivity contribution in [3.63, 3.8) is 0 Å². The largest absolute Gasteiger partial charge is 0.486 e. The summed E-state index contributed by atoms with van der Waals surface area (Å²) in [5.41, 5.74) is 1.99. The van der Waals surface area contributed by atoms with Gasteiger partial charge >= 0.3 is 0 Å². The van der Waals surface area contributed by atoms with Crippen molar-refractivity contribution in [2.75, 3.05) is 20.2 Å². The van der Waals surface area contributed by atoms with E-state index in [1.807, 2.05) is 48.5 Å². The molecule has 0 spiro atoms. The first-order valence-corrected chi connectivity index (χ1v) is 10.5. The minimum atomic E-state index is -0.0911. The number of benzene rings is 2. The Kier molecular flexibility index (Phi) is 6.66. The van der Waals surface area contributed by atoms with E-state index < -0.39 is 0 Å². The molecule has 162 valence electrons. The number of guanidine groups is 1. The van der Waals surface area contributed by atoms with Crippen LogP contribution in [0.4, 0.5) is 0 Å². The van der Waals surface area contributed by atoms with E-state index in [1.165, 1.54) is 0 Å². The highest BCUT2D eigenvalue weighted by molar-refractivity contribution is 5.79. The molecule has 31 heavy (non-hydrogen) atoms. The molecule has 0 saturated heterocycles. The lowest BCUT2D eigenvalue weighted by Crippen LogP contribution is -2.45. The molecule has 0 fully saturated rings. The molecule has 3 aromatic rings. The number of para-hydroxylation sites is 2. The lowest BCUT2D eigenvalue weighted by molar-refractivity contribution is 0.0936. The third-order valence-corrected chi connectivity index (χ3v) is 4.86. The van der Waals surface area contributed by atoms with E-state index in [9.17, 15) is 0 Å². The van der Waals surface area contributed by atoms with E-state index in [1.54, 1.807) is 7.05 Å². The van der Waals surface area contributed by atoms with Crippen LogP contribution in [0.2, 0.25) is 0 Å². The van der Waals surface area contributed by atoms with Gasteiger partial charge in [0.25, 0.3) is 5.89 Å². The summed E-state index contributed by atoms with van der Waals surface area (Å²) < 4.78 is 17.1. The Morgan fingerprint density at radius 2 is 2.00 bits per heavy atom. The number of aryl methyl sites for hydroxylation is 1. The van der Waals surface area contributed by atoms with Crippen LogP contribution >= 0.6 is 0 Å². The number of hydrogen-bond donors (Lipinski definition) is 2. The molecule has 2 heterocycles. The van der Waals surface area contributed by atoms with E-state index in [0.29, 0.717) is 31.5 Å². The van der Waals surface area contributed by atoms with Crippen LogP contribution in [0.1, 0.15) is 24.7 Å². The van der Waals surface area contributed by atoms with Gasteiger partial charge < -0.3 is 24.6 Å². The minimum Gasteiger partial charge on any atom is -0.486 e. The zero-order valence-electron chi connectivity index (χ0n) is 17.8. The summed E-state index contributed by atoms with van der Waals surface area (Å²) in [4.78, 5) is 8.75. The maximum atomic E-state index is 5.98. The predicted octanol–water partition coefficient (Wildman–Crippen LogP) is 3.19. The Morgan fingerprint density at radius 3 is 2.84 bits per heavy atom. The van der Waals surface area contributed by atoms with E-state index in [4.69, 9.17) is 14.0 Å². The summed E-state index contributed by atoms with van der Waals surface area (Å²) in [5.74, 6) is 3.52. The van der Waals surface area contributed by atoms with Crippen molar-refractivity contribution in [3.8, 4) is 23.0 Å². The van der Waals surface area contributed by atoms with E-state index in [-0.39, 0.29) is 6.10 Å². The normalized spacial score (nSPS) is 15.5. The average Bonchev–Trinajstić information content (AvgIpc) is 3.28. The molecule has 1 aliphatic heterocycles. The van der Waals surface area contributed by atoms with Crippen molar-refractivity contribution in [2.45, 2.75) is 32.4 Å². The van der Waals surface area contributed by atoms with Crippen LogP contribution in [0.3, 0.4) is 0 Å². The van der Waals surface area contributed by atoms with Gasteiger partial charge in [-0.25, -0.2) is 0 Å². The molecular weight excluding hydrogens is 394 g/mol. The zero-order valence-corrected chi connectivity index (χ0v) is 17.8. The average molecular weight is 422 g/mol. The van der Waals surface area contributed by atoms with Crippen LogP contribution in [0.15, 0.2) is 58.0 Å². The molecule has 8 nitrogen and oxygen atoms in total. The molecular formula is C23H27N5O3. The number of aliphatic imine (C=N–C) groups is 1. The van der Waals surface area contributed by atoms with Gasteiger partial charge in [-0.2, -0.15) is 4.98 Å². The summed E-state index contributed by atoms with van der Waals surface area (Å²) in [6.45, 7) is 3.77. The standard InChI is InChI=1S/C23H27N5O3/c1-3-7-21-27-22(31-28-21)17-9-6-8-16(12-17)13-25-23(24-2)26-14-18-15-29-19-10-4-5-11-20(19)30-18/h4-6,8-12,18H,3,7,13-15H2,1-2H3,(H2,24,25,26). The lowest BCUT2D eigenvalue weighted by atomic mass is 10.1. The van der Waals surface area contributed by atoms with Gasteiger partial charge in [0.05, 0.1) is 6.54 Å².